The van der Waals surface area contributed by atoms with E-state index < -0.39 is 10.0 Å². The van der Waals surface area contributed by atoms with E-state index in [1.54, 1.807) is 11.6 Å². The molecule has 0 fully saturated rings. The number of hydrogen-bond donors (Lipinski definition) is 3. The molecule has 3 rings (SSSR count). The zero-order valence-electron chi connectivity index (χ0n) is 13.6. The minimum absolute atomic E-state index is 0.00345. The third-order valence-corrected chi connectivity index (χ3v) is 4.84. The number of azo groups is 1. The monoisotopic (exact) mass is 389 g/mol. The van der Waals surface area contributed by atoms with Crippen molar-refractivity contribution in [3.8, 4) is 5.88 Å². The molecule has 3 aromatic rings. The fraction of sp³-hybridized carbons (Fsp3) is 0.0625. The highest BCUT2D eigenvalue weighted by atomic mass is 32.2. The maximum atomic E-state index is 11.2. The van der Waals surface area contributed by atoms with E-state index >= 15 is 0 Å². The molecule has 0 saturated heterocycles. The SMILES string of the molecule is Cn1c(O)c(N=NC(=S)Nc2ccc(S(N)(=O)=O)cc2)c2ccccc21. The van der Waals surface area contributed by atoms with Crippen molar-refractivity contribution in [1.29, 1.82) is 0 Å². The van der Waals surface area contributed by atoms with Crippen LogP contribution in [0.4, 0.5) is 11.4 Å². The predicted molar refractivity (Wildman–Crippen MR) is 103 cm³/mol. The molecule has 1 heterocycles. The number of thiocarbonyl (C=S) groups is 1. The van der Waals surface area contributed by atoms with Crippen LogP contribution in [0.5, 0.6) is 5.88 Å². The van der Waals surface area contributed by atoms with Gasteiger partial charge in [0.25, 0.3) is 0 Å². The first-order valence-electron chi connectivity index (χ1n) is 7.39. The van der Waals surface area contributed by atoms with Crippen molar-refractivity contribution < 1.29 is 13.5 Å². The average Bonchev–Trinajstić information content (AvgIpc) is 2.84. The lowest BCUT2D eigenvalue weighted by Crippen LogP contribution is -2.12. The molecule has 10 heteroatoms. The number of rotatable bonds is 3. The van der Waals surface area contributed by atoms with Crippen molar-refractivity contribution in [2.75, 3.05) is 5.32 Å². The van der Waals surface area contributed by atoms with E-state index in [1.807, 2.05) is 24.3 Å². The van der Waals surface area contributed by atoms with Crippen LogP contribution in [0, 0.1) is 0 Å². The minimum Gasteiger partial charge on any atom is -0.493 e. The molecule has 26 heavy (non-hydrogen) atoms. The van der Waals surface area contributed by atoms with Gasteiger partial charge < -0.3 is 15.0 Å². The minimum atomic E-state index is -3.75. The highest BCUT2D eigenvalue weighted by Crippen LogP contribution is 2.37. The number of para-hydroxylation sites is 1. The van der Waals surface area contributed by atoms with Gasteiger partial charge in [0.15, 0.2) is 5.69 Å². The van der Waals surface area contributed by atoms with E-state index in [9.17, 15) is 13.5 Å². The zero-order chi connectivity index (χ0) is 18.9. The molecule has 0 radical (unpaired) electrons. The van der Waals surface area contributed by atoms with Gasteiger partial charge in [0.1, 0.15) is 0 Å². The molecule has 2 aromatic carbocycles. The Morgan fingerprint density at radius 2 is 1.85 bits per heavy atom. The molecule has 0 spiro atoms. The summed E-state index contributed by atoms with van der Waals surface area (Å²) in [4.78, 5) is -0.00345. The molecule has 134 valence electrons. The second-order valence-electron chi connectivity index (χ2n) is 5.45. The summed E-state index contributed by atoms with van der Waals surface area (Å²) in [5.74, 6) is -0.0183. The zero-order valence-corrected chi connectivity index (χ0v) is 15.3. The lowest BCUT2D eigenvalue weighted by atomic mass is 10.2. The number of nitrogens with two attached hydrogens (primary N) is 1. The number of sulfonamides is 1. The van der Waals surface area contributed by atoms with Gasteiger partial charge in [-0.05, 0) is 42.5 Å². The van der Waals surface area contributed by atoms with E-state index in [4.69, 9.17) is 17.4 Å². The molecule has 0 aliphatic carbocycles. The number of primary sulfonamides is 1. The highest BCUT2D eigenvalue weighted by molar-refractivity contribution is 7.89. The maximum absolute atomic E-state index is 11.2. The number of fused-ring (bicyclic) bond motifs is 1. The number of anilines is 1. The Hall–Kier alpha value is -2.82. The van der Waals surface area contributed by atoms with Gasteiger partial charge in [-0.25, -0.2) is 13.6 Å². The summed E-state index contributed by atoms with van der Waals surface area (Å²) in [6.07, 6.45) is 0. The van der Waals surface area contributed by atoms with Crippen LogP contribution in [-0.4, -0.2) is 23.2 Å². The van der Waals surface area contributed by atoms with E-state index in [1.165, 1.54) is 24.3 Å². The quantitative estimate of drug-likeness (QED) is 0.469. The molecule has 0 saturated carbocycles. The van der Waals surface area contributed by atoms with E-state index in [0.29, 0.717) is 11.4 Å². The first-order chi connectivity index (χ1) is 12.3. The predicted octanol–water partition coefficient (Wildman–Crippen LogP) is 3.01. The summed E-state index contributed by atoms with van der Waals surface area (Å²) in [7, 11) is -2.03. The Morgan fingerprint density at radius 3 is 2.50 bits per heavy atom. The molecule has 0 aliphatic heterocycles. The molecule has 0 unspecified atom stereocenters. The molecule has 0 amide bonds. The summed E-state index contributed by atoms with van der Waals surface area (Å²) in [6.45, 7) is 0. The lowest BCUT2D eigenvalue weighted by Gasteiger charge is -2.04. The number of aryl methyl sites for hydroxylation is 1. The Bertz CT molecular complexity index is 1120. The maximum Gasteiger partial charge on any atom is 0.238 e. The second kappa shape index (κ2) is 6.83. The largest absolute Gasteiger partial charge is 0.493 e. The summed E-state index contributed by atoms with van der Waals surface area (Å²) in [6, 6.07) is 13.1. The number of aromatic hydroxyl groups is 1. The van der Waals surface area contributed by atoms with Gasteiger partial charge in [-0.3, -0.25) is 0 Å². The average molecular weight is 389 g/mol. The van der Waals surface area contributed by atoms with Crippen molar-refractivity contribution in [2.45, 2.75) is 4.90 Å². The third kappa shape index (κ3) is 3.57. The summed E-state index contributed by atoms with van der Waals surface area (Å²) >= 11 is 5.11. The molecule has 0 bridgehead atoms. The summed E-state index contributed by atoms with van der Waals surface area (Å²) in [5.41, 5.74) is 1.66. The van der Waals surface area contributed by atoms with Crippen molar-refractivity contribution in [2.24, 2.45) is 22.4 Å². The van der Waals surface area contributed by atoms with Gasteiger partial charge in [0.05, 0.1) is 10.4 Å². The van der Waals surface area contributed by atoms with E-state index in [0.717, 1.165) is 10.9 Å². The van der Waals surface area contributed by atoms with E-state index in [-0.39, 0.29) is 15.9 Å². The first kappa shape index (κ1) is 18.0. The summed E-state index contributed by atoms with van der Waals surface area (Å²) in [5, 5.41) is 26.8. The van der Waals surface area contributed by atoms with Gasteiger partial charge in [0, 0.05) is 18.1 Å². The van der Waals surface area contributed by atoms with Gasteiger partial charge >= 0.3 is 0 Å². The fourth-order valence-electron chi connectivity index (χ4n) is 2.43. The molecule has 4 N–H and O–H groups in total. The number of aromatic nitrogens is 1. The number of nitrogens with one attached hydrogen (secondary N) is 1. The molecule has 8 nitrogen and oxygen atoms in total. The first-order valence-corrected chi connectivity index (χ1v) is 9.35. The van der Waals surface area contributed by atoms with Gasteiger partial charge in [-0.15, -0.1) is 10.2 Å². The van der Waals surface area contributed by atoms with Crippen LogP contribution in [0.25, 0.3) is 10.9 Å². The summed E-state index contributed by atoms with van der Waals surface area (Å²) < 4.78 is 24.1. The Kier molecular flexibility index (Phi) is 4.72. The van der Waals surface area contributed by atoms with Crippen LogP contribution < -0.4 is 10.5 Å². The van der Waals surface area contributed by atoms with Crippen LogP contribution in [0.2, 0.25) is 0 Å². The Morgan fingerprint density at radius 1 is 1.19 bits per heavy atom. The number of hydrogen-bond acceptors (Lipinski definition) is 5. The van der Waals surface area contributed by atoms with Crippen LogP contribution in [-0.2, 0) is 17.1 Å². The standard InChI is InChI=1S/C16H15N5O3S2/c1-21-13-5-3-2-4-12(13)14(15(21)22)19-20-16(25)18-10-6-8-11(9-7-10)26(17,23)24/h2-9,22H,1H3,(H,18,25)(H2,17,23,24). The van der Waals surface area contributed by atoms with Crippen LogP contribution in [0.1, 0.15) is 0 Å². The van der Waals surface area contributed by atoms with Crippen LogP contribution >= 0.6 is 12.2 Å². The molecule has 0 atom stereocenters. The van der Waals surface area contributed by atoms with Gasteiger partial charge in [-0.1, -0.05) is 18.2 Å². The molecular weight excluding hydrogens is 374 g/mol. The van der Waals surface area contributed by atoms with Crippen molar-refractivity contribution in [1.82, 2.24) is 4.57 Å². The topological polar surface area (TPSA) is 122 Å². The number of benzene rings is 2. The third-order valence-electron chi connectivity index (χ3n) is 3.72. The van der Waals surface area contributed by atoms with Crippen molar-refractivity contribution >= 4 is 49.6 Å². The van der Waals surface area contributed by atoms with Crippen LogP contribution in [0.3, 0.4) is 0 Å². The van der Waals surface area contributed by atoms with Crippen molar-refractivity contribution in [3.63, 3.8) is 0 Å². The normalized spacial score (nSPS) is 11.9. The smallest absolute Gasteiger partial charge is 0.238 e. The van der Waals surface area contributed by atoms with Gasteiger partial charge in [0.2, 0.25) is 21.0 Å². The molecule has 0 aliphatic rings. The fourth-order valence-corrected chi connectivity index (χ4v) is 3.10. The molecular formula is C16H15N5O3S2. The Balaban J connectivity index is 1.80. The number of nitrogens with zero attached hydrogens (tertiary/aromatic N) is 3. The van der Waals surface area contributed by atoms with E-state index in [2.05, 4.69) is 15.5 Å². The second-order valence-corrected chi connectivity index (χ2v) is 7.40. The van der Waals surface area contributed by atoms with Gasteiger partial charge in [-0.2, -0.15) is 0 Å². The van der Waals surface area contributed by atoms with Crippen molar-refractivity contribution in [3.05, 3.63) is 48.5 Å². The highest BCUT2D eigenvalue weighted by Gasteiger charge is 2.13. The van der Waals surface area contributed by atoms with Crippen LogP contribution in [0.15, 0.2) is 63.7 Å². The lowest BCUT2D eigenvalue weighted by molar-refractivity contribution is 0.436. The molecule has 1 aromatic heterocycles. The Labute approximate surface area is 155 Å².